The van der Waals surface area contributed by atoms with E-state index in [1.54, 1.807) is 56.5 Å². The van der Waals surface area contributed by atoms with E-state index in [4.69, 9.17) is 10.5 Å². The zero-order valence-electron chi connectivity index (χ0n) is 11.5. The van der Waals surface area contributed by atoms with Crippen LogP contribution in [0.1, 0.15) is 11.1 Å². The molecule has 20 heavy (non-hydrogen) atoms. The highest BCUT2D eigenvalue weighted by Crippen LogP contribution is 2.25. The van der Waals surface area contributed by atoms with Gasteiger partial charge in [0.2, 0.25) is 0 Å². The lowest BCUT2D eigenvalue weighted by atomic mass is 10.2. The van der Waals surface area contributed by atoms with E-state index in [0.717, 1.165) is 5.56 Å². The number of hydrogen-bond acceptors (Lipinski definition) is 4. The predicted octanol–water partition coefficient (Wildman–Crippen LogP) is 2.56. The molecule has 4 nitrogen and oxygen atoms in total. The molecule has 0 fully saturated rings. The van der Waals surface area contributed by atoms with E-state index in [0.29, 0.717) is 17.0 Å². The predicted molar refractivity (Wildman–Crippen MR) is 79.5 cm³/mol. The van der Waals surface area contributed by atoms with E-state index < -0.39 is 9.84 Å². The molecule has 2 rings (SSSR count). The lowest BCUT2D eigenvalue weighted by Gasteiger charge is -2.10. The van der Waals surface area contributed by atoms with E-state index in [1.807, 2.05) is 0 Å². The van der Waals surface area contributed by atoms with Crippen LogP contribution >= 0.6 is 0 Å². The van der Waals surface area contributed by atoms with Gasteiger partial charge in [-0.15, -0.1) is 0 Å². The summed E-state index contributed by atoms with van der Waals surface area (Å²) in [6, 6.07) is 12.0. The van der Waals surface area contributed by atoms with Crippen molar-refractivity contribution in [2.45, 2.75) is 17.6 Å². The second kappa shape index (κ2) is 5.54. The zero-order chi connectivity index (χ0) is 14.8. The Kier molecular flexibility index (Phi) is 3.99. The van der Waals surface area contributed by atoms with Crippen molar-refractivity contribution >= 4 is 15.5 Å². The first-order valence-corrected chi connectivity index (χ1v) is 7.80. The molecule has 0 atom stereocenters. The number of nitrogens with two attached hydrogens (primary N) is 1. The number of sulfone groups is 1. The molecule has 0 heterocycles. The van der Waals surface area contributed by atoms with Gasteiger partial charge in [0.1, 0.15) is 5.75 Å². The molecule has 106 valence electrons. The largest absolute Gasteiger partial charge is 0.497 e. The number of rotatable bonds is 4. The lowest BCUT2D eigenvalue weighted by Crippen LogP contribution is -2.08. The Bertz CT molecular complexity index is 706. The number of aryl methyl sites for hydroxylation is 1. The van der Waals surface area contributed by atoms with Crippen LogP contribution in [0.15, 0.2) is 47.4 Å². The Morgan fingerprint density at radius 3 is 2.35 bits per heavy atom. The highest BCUT2D eigenvalue weighted by Gasteiger charge is 2.19. The van der Waals surface area contributed by atoms with Crippen LogP contribution in [-0.2, 0) is 15.6 Å². The molecule has 0 saturated carbocycles. The molecule has 0 saturated heterocycles. The third kappa shape index (κ3) is 2.93. The molecular formula is C15H17NO3S. The summed E-state index contributed by atoms with van der Waals surface area (Å²) < 4.78 is 29.9. The fraction of sp³-hybridized carbons (Fsp3) is 0.200. The van der Waals surface area contributed by atoms with Gasteiger partial charge in [-0.2, -0.15) is 0 Å². The molecule has 0 aromatic heterocycles. The average molecular weight is 291 g/mol. The summed E-state index contributed by atoms with van der Waals surface area (Å²) in [5.41, 5.74) is 7.65. The number of benzene rings is 2. The van der Waals surface area contributed by atoms with E-state index in [1.165, 1.54) is 0 Å². The molecule has 0 aliphatic rings. The molecule has 0 radical (unpaired) electrons. The summed E-state index contributed by atoms with van der Waals surface area (Å²) in [4.78, 5) is 0.188. The molecule has 2 N–H and O–H groups in total. The summed E-state index contributed by atoms with van der Waals surface area (Å²) in [5, 5.41) is 0. The molecule has 0 bridgehead atoms. The zero-order valence-corrected chi connectivity index (χ0v) is 12.3. The molecule has 0 amide bonds. The summed E-state index contributed by atoms with van der Waals surface area (Å²) >= 11 is 0. The SMILES string of the molecule is COc1ccc(CS(=O)(=O)c2cccc(C)c2N)cc1. The Hall–Kier alpha value is -2.01. The molecule has 5 heteroatoms. The van der Waals surface area contributed by atoms with Crippen LogP contribution in [-0.4, -0.2) is 15.5 Å². The first-order chi connectivity index (χ1) is 9.44. The first kappa shape index (κ1) is 14.4. The molecule has 0 unspecified atom stereocenters. The number of methoxy groups -OCH3 is 1. The fourth-order valence-corrected chi connectivity index (χ4v) is 3.51. The van der Waals surface area contributed by atoms with Gasteiger partial charge in [0.25, 0.3) is 0 Å². The third-order valence-electron chi connectivity index (χ3n) is 3.13. The van der Waals surface area contributed by atoms with Crippen molar-refractivity contribution in [2.75, 3.05) is 12.8 Å². The topological polar surface area (TPSA) is 69.4 Å². The van der Waals surface area contributed by atoms with Crippen molar-refractivity contribution in [3.8, 4) is 5.75 Å². The lowest BCUT2D eigenvalue weighted by molar-refractivity contribution is 0.414. The Balaban J connectivity index is 2.33. The van der Waals surface area contributed by atoms with Crippen LogP contribution in [0.2, 0.25) is 0 Å². The summed E-state index contributed by atoms with van der Waals surface area (Å²) in [6.07, 6.45) is 0. The van der Waals surface area contributed by atoms with E-state index >= 15 is 0 Å². The minimum atomic E-state index is -3.45. The fourth-order valence-electron chi connectivity index (χ4n) is 1.94. The average Bonchev–Trinajstić information content (AvgIpc) is 2.42. The Morgan fingerprint density at radius 2 is 1.75 bits per heavy atom. The maximum Gasteiger partial charge on any atom is 0.184 e. The standard InChI is InChI=1S/C15H17NO3S/c1-11-4-3-5-14(15(11)16)20(17,18)10-12-6-8-13(19-2)9-7-12/h3-9H,10,16H2,1-2H3. The van der Waals surface area contributed by atoms with E-state index in [9.17, 15) is 8.42 Å². The van der Waals surface area contributed by atoms with Gasteiger partial charge in [-0.1, -0.05) is 24.3 Å². The van der Waals surface area contributed by atoms with Gasteiger partial charge < -0.3 is 10.5 Å². The molecule has 0 aliphatic heterocycles. The van der Waals surface area contributed by atoms with Crippen LogP contribution in [0.4, 0.5) is 5.69 Å². The smallest absolute Gasteiger partial charge is 0.184 e. The minimum absolute atomic E-state index is 0.0787. The second-order valence-electron chi connectivity index (χ2n) is 4.59. The van der Waals surface area contributed by atoms with Crippen LogP contribution in [0.5, 0.6) is 5.75 Å². The number of para-hydroxylation sites is 1. The van der Waals surface area contributed by atoms with Gasteiger partial charge in [0.15, 0.2) is 9.84 Å². The number of hydrogen-bond donors (Lipinski definition) is 1. The number of nitrogen functional groups attached to an aromatic ring is 1. The summed E-state index contributed by atoms with van der Waals surface area (Å²) in [5.74, 6) is 0.617. The van der Waals surface area contributed by atoms with Crippen molar-refractivity contribution in [2.24, 2.45) is 0 Å². The van der Waals surface area contributed by atoms with Crippen molar-refractivity contribution in [1.29, 1.82) is 0 Å². The third-order valence-corrected chi connectivity index (χ3v) is 4.87. The highest BCUT2D eigenvalue weighted by atomic mass is 32.2. The van der Waals surface area contributed by atoms with Crippen LogP contribution in [0.25, 0.3) is 0 Å². The van der Waals surface area contributed by atoms with Crippen molar-refractivity contribution in [3.63, 3.8) is 0 Å². The monoisotopic (exact) mass is 291 g/mol. The van der Waals surface area contributed by atoms with Gasteiger partial charge in [0.05, 0.1) is 23.4 Å². The van der Waals surface area contributed by atoms with Gasteiger partial charge >= 0.3 is 0 Å². The van der Waals surface area contributed by atoms with Gasteiger partial charge in [-0.25, -0.2) is 8.42 Å². The molecular weight excluding hydrogens is 274 g/mol. The summed E-state index contributed by atoms with van der Waals surface area (Å²) in [7, 11) is -1.88. The van der Waals surface area contributed by atoms with Gasteiger partial charge in [0, 0.05) is 0 Å². The minimum Gasteiger partial charge on any atom is -0.497 e. The Morgan fingerprint density at radius 1 is 1.10 bits per heavy atom. The molecule has 0 aliphatic carbocycles. The van der Waals surface area contributed by atoms with Crippen molar-refractivity contribution in [1.82, 2.24) is 0 Å². The van der Waals surface area contributed by atoms with Gasteiger partial charge in [-0.05, 0) is 36.2 Å². The number of anilines is 1. The van der Waals surface area contributed by atoms with Crippen LogP contribution in [0.3, 0.4) is 0 Å². The van der Waals surface area contributed by atoms with Crippen molar-refractivity contribution in [3.05, 3.63) is 53.6 Å². The first-order valence-electron chi connectivity index (χ1n) is 6.15. The normalized spacial score (nSPS) is 11.3. The maximum atomic E-state index is 12.4. The Labute approximate surface area is 119 Å². The molecule has 2 aromatic rings. The second-order valence-corrected chi connectivity index (χ2v) is 6.55. The number of ether oxygens (including phenoxy) is 1. The summed E-state index contributed by atoms with van der Waals surface area (Å²) in [6.45, 7) is 1.79. The molecule has 2 aromatic carbocycles. The van der Waals surface area contributed by atoms with Crippen LogP contribution < -0.4 is 10.5 Å². The van der Waals surface area contributed by atoms with E-state index in [2.05, 4.69) is 0 Å². The van der Waals surface area contributed by atoms with Crippen LogP contribution in [0, 0.1) is 6.92 Å². The van der Waals surface area contributed by atoms with Gasteiger partial charge in [-0.3, -0.25) is 0 Å². The maximum absolute atomic E-state index is 12.4. The quantitative estimate of drug-likeness (QED) is 0.879. The molecule has 0 spiro atoms. The highest BCUT2D eigenvalue weighted by molar-refractivity contribution is 7.90. The van der Waals surface area contributed by atoms with Crippen molar-refractivity contribution < 1.29 is 13.2 Å². The van der Waals surface area contributed by atoms with E-state index in [-0.39, 0.29) is 10.6 Å².